The lowest BCUT2D eigenvalue weighted by Crippen LogP contribution is -2.43. The maximum Gasteiger partial charge on any atom is 0.387 e. The highest BCUT2D eigenvalue weighted by Gasteiger charge is 2.34. The van der Waals surface area contributed by atoms with Crippen LogP contribution in [0.25, 0.3) is 11.1 Å². The minimum atomic E-state index is -4.47. The fourth-order valence-electron chi connectivity index (χ4n) is 3.98. The maximum absolute atomic E-state index is 13.1. The van der Waals surface area contributed by atoms with E-state index in [-0.39, 0.29) is 26.5 Å². The van der Waals surface area contributed by atoms with Gasteiger partial charge in [0.05, 0.1) is 18.1 Å². The second-order valence-corrected chi connectivity index (χ2v) is 12.3. The van der Waals surface area contributed by atoms with E-state index in [1.807, 2.05) is 0 Å². The van der Waals surface area contributed by atoms with E-state index in [0.717, 1.165) is 0 Å². The molecule has 0 saturated carbocycles. The summed E-state index contributed by atoms with van der Waals surface area (Å²) in [6, 6.07) is 14.0. The number of ether oxygens (including phenoxy) is 2. The minimum absolute atomic E-state index is 0.0207. The summed E-state index contributed by atoms with van der Waals surface area (Å²) in [5, 5.41) is 2.66. The Hall–Kier alpha value is -3.42. The number of amides is 2. The molecule has 2 amide bonds. The van der Waals surface area contributed by atoms with Crippen molar-refractivity contribution in [3.63, 3.8) is 0 Å². The van der Waals surface area contributed by atoms with Gasteiger partial charge in [-0.3, -0.25) is 0 Å². The van der Waals surface area contributed by atoms with E-state index in [4.69, 9.17) is 16.3 Å². The third-order valence-electron chi connectivity index (χ3n) is 5.22. The Kier molecular flexibility index (Phi) is 7.06. The van der Waals surface area contributed by atoms with E-state index < -0.39 is 38.8 Å². The number of nitrogens with one attached hydrogen (secondary N) is 1. The van der Waals surface area contributed by atoms with Crippen molar-refractivity contribution in [2.75, 3.05) is 17.8 Å². The molecule has 196 valence electrons. The minimum Gasteiger partial charge on any atom is -0.480 e. The van der Waals surface area contributed by atoms with Gasteiger partial charge in [-0.2, -0.15) is 8.78 Å². The molecule has 0 bridgehead atoms. The fraction of sp³-hybridized carbons (Fsp3) is 0.174. The Morgan fingerprint density at radius 2 is 1.70 bits per heavy atom. The van der Waals surface area contributed by atoms with E-state index in [0.29, 0.717) is 34.2 Å². The van der Waals surface area contributed by atoms with Crippen molar-refractivity contribution in [3.8, 4) is 22.6 Å². The number of halogens is 3. The highest BCUT2D eigenvalue weighted by atomic mass is 35.5. The number of rotatable bonds is 6. The van der Waals surface area contributed by atoms with Crippen molar-refractivity contribution in [2.45, 2.75) is 12.7 Å². The van der Waals surface area contributed by atoms with Gasteiger partial charge in [0.25, 0.3) is 0 Å². The second-order valence-electron chi connectivity index (χ2n) is 8.02. The van der Waals surface area contributed by atoms with Crippen LogP contribution in [0.1, 0.15) is 17.2 Å². The number of carbonyl (C=O) groups is 1. The van der Waals surface area contributed by atoms with E-state index in [2.05, 4.69) is 10.1 Å². The van der Waals surface area contributed by atoms with E-state index >= 15 is 0 Å². The number of nitrogens with zero attached hydrogens (tertiary/aromatic N) is 1. The topological polar surface area (TPSA) is 119 Å². The van der Waals surface area contributed by atoms with Crippen LogP contribution in [0.15, 0.2) is 60.7 Å². The molecule has 0 aliphatic carbocycles. The van der Waals surface area contributed by atoms with Gasteiger partial charge in [-0.25, -0.2) is 21.6 Å². The molecule has 0 radical (unpaired) electrons. The van der Waals surface area contributed by atoms with Gasteiger partial charge in [-0.05, 0) is 47.5 Å². The molecule has 3 aromatic carbocycles. The van der Waals surface area contributed by atoms with E-state index in [1.54, 1.807) is 30.3 Å². The van der Waals surface area contributed by atoms with Gasteiger partial charge < -0.3 is 14.8 Å². The Labute approximate surface area is 216 Å². The Balaban J connectivity index is 1.85. The summed E-state index contributed by atoms with van der Waals surface area (Å²) < 4.78 is 84.6. The number of hydrogen-bond donors (Lipinski definition) is 1. The summed E-state index contributed by atoms with van der Waals surface area (Å²) in [6.07, 6.45) is 0.330. The first kappa shape index (κ1) is 26.6. The lowest BCUT2D eigenvalue weighted by atomic mass is 9.88. The van der Waals surface area contributed by atoms with Gasteiger partial charge >= 0.3 is 12.6 Å². The molecule has 1 aliphatic heterocycles. The Morgan fingerprint density at radius 3 is 2.32 bits per heavy atom. The molecule has 4 rings (SSSR count). The summed E-state index contributed by atoms with van der Waals surface area (Å²) in [5.74, 6) is 0.114. The lowest BCUT2D eigenvalue weighted by molar-refractivity contribution is -0.0496. The normalized spacial score (nSPS) is 14.8. The Morgan fingerprint density at radius 1 is 1.03 bits per heavy atom. The summed E-state index contributed by atoms with van der Waals surface area (Å²) in [6.45, 7) is -3.10. The highest BCUT2D eigenvalue weighted by molar-refractivity contribution is 8.04. The number of fused-ring (bicyclic) bond motifs is 3. The SMILES string of the molecule is CS(=O)(=O)N(C(=O)Nc1ccc2c(c1)C(c1cccc(Cl)c1)Oc1cccc(OC(F)F)c1-2)S(C)(=O)=O. The summed E-state index contributed by atoms with van der Waals surface area (Å²) in [5.41, 5.74) is 1.68. The molecule has 0 saturated heterocycles. The van der Waals surface area contributed by atoms with Crippen LogP contribution in [0, 0.1) is 0 Å². The number of carbonyl (C=O) groups excluding carboxylic acids is 1. The third kappa shape index (κ3) is 5.63. The molecule has 1 unspecified atom stereocenters. The van der Waals surface area contributed by atoms with Gasteiger partial charge in [-0.15, -0.1) is 3.71 Å². The standard InChI is InChI=1S/C23H19ClF2N2O7S2/c1-36(30,31)28(37(2,32)33)23(29)27-15-9-10-16-17(12-15)21(13-5-3-6-14(24)11-13)34-18-7-4-8-19(20(16)18)35-22(25)26/h3-12,21-22H,1-2H3,(H,27,29). The number of anilines is 1. The van der Waals surface area contributed by atoms with Crippen LogP contribution < -0.4 is 14.8 Å². The molecule has 37 heavy (non-hydrogen) atoms. The molecule has 0 spiro atoms. The molecule has 1 heterocycles. The lowest BCUT2D eigenvalue weighted by Gasteiger charge is -2.31. The van der Waals surface area contributed by atoms with Crippen molar-refractivity contribution in [1.29, 1.82) is 0 Å². The first-order valence-electron chi connectivity index (χ1n) is 10.4. The molecular formula is C23H19ClF2N2O7S2. The molecule has 1 aliphatic rings. The van der Waals surface area contributed by atoms with Crippen molar-refractivity contribution >= 4 is 43.4 Å². The largest absolute Gasteiger partial charge is 0.480 e. The summed E-state index contributed by atoms with van der Waals surface area (Å²) in [4.78, 5) is 12.6. The molecule has 1 N–H and O–H groups in total. The smallest absolute Gasteiger partial charge is 0.387 e. The van der Waals surface area contributed by atoms with Crippen LogP contribution in [0.4, 0.5) is 19.3 Å². The van der Waals surface area contributed by atoms with E-state index in [9.17, 15) is 30.4 Å². The quantitative estimate of drug-likeness (QED) is 0.449. The predicted molar refractivity (Wildman–Crippen MR) is 133 cm³/mol. The van der Waals surface area contributed by atoms with Gasteiger partial charge in [-0.1, -0.05) is 35.9 Å². The van der Waals surface area contributed by atoms with Crippen molar-refractivity contribution in [3.05, 3.63) is 76.8 Å². The van der Waals surface area contributed by atoms with Crippen LogP contribution in [0.2, 0.25) is 5.02 Å². The van der Waals surface area contributed by atoms with Crippen molar-refractivity contribution < 1.29 is 39.9 Å². The average Bonchev–Trinajstić information content (AvgIpc) is 2.76. The first-order chi connectivity index (χ1) is 17.3. The van der Waals surface area contributed by atoms with Crippen LogP contribution in [0.5, 0.6) is 11.5 Å². The molecular weight excluding hydrogens is 554 g/mol. The van der Waals surface area contributed by atoms with Crippen LogP contribution in [0.3, 0.4) is 0 Å². The zero-order valence-corrected chi connectivity index (χ0v) is 21.6. The zero-order chi connectivity index (χ0) is 27.1. The number of hydrogen-bond acceptors (Lipinski definition) is 7. The zero-order valence-electron chi connectivity index (χ0n) is 19.2. The molecule has 0 aromatic heterocycles. The monoisotopic (exact) mass is 572 g/mol. The number of urea groups is 1. The van der Waals surface area contributed by atoms with Crippen molar-refractivity contribution in [2.24, 2.45) is 0 Å². The number of alkyl halides is 2. The first-order valence-corrected chi connectivity index (χ1v) is 14.5. The molecule has 3 aromatic rings. The van der Waals surface area contributed by atoms with Gasteiger partial charge in [0, 0.05) is 16.3 Å². The third-order valence-corrected chi connectivity index (χ3v) is 8.62. The van der Waals surface area contributed by atoms with Crippen LogP contribution in [-0.4, -0.2) is 45.7 Å². The summed E-state index contributed by atoms with van der Waals surface area (Å²) in [7, 11) is -8.94. The molecule has 0 fully saturated rings. The maximum atomic E-state index is 13.1. The highest BCUT2D eigenvalue weighted by Crippen LogP contribution is 2.50. The van der Waals surface area contributed by atoms with Crippen molar-refractivity contribution in [1.82, 2.24) is 3.71 Å². The fourth-order valence-corrected chi connectivity index (χ4v) is 6.84. The van der Waals surface area contributed by atoms with Crippen LogP contribution >= 0.6 is 11.6 Å². The predicted octanol–water partition coefficient (Wildman–Crippen LogP) is 4.84. The molecule has 1 atom stereocenters. The number of benzene rings is 3. The van der Waals surface area contributed by atoms with Gasteiger partial charge in [0.2, 0.25) is 20.0 Å². The summed E-state index contributed by atoms with van der Waals surface area (Å²) >= 11 is 6.16. The Bertz CT molecular complexity index is 1570. The second kappa shape index (κ2) is 9.80. The van der Waals surface area contributed by atoms with Gasteiger partial charge in [0.15, 0.2) is 0 Å². The molecule has 9 nitrogen and oxygen atoms in total. The number of sulfonamides is 2. The van der Waals surface area contributed by atoms with Gasteiger partial charge in [0.1, 0.15) is 17.6 Å². The molecule has 14 heteroatoms. The average molecular weight is 573 g/mol. The van der Waals surface area contributed by atoms with Crippen LogP contribution in [-0.2, 0) is 20.0 Å². The van der Waals surface area contributed by atoms with E-state index in [1.165, 1.54) is 30.3 Å².